The third-order valence-corrected chi connectivity index (χ3v) is 3.73. The zero-order valence-electron chi connectivity index (χ0n) is 6.03. The van der Waals surface area contributed by atoms with Gasteiger partial charge >= 0.3 is 0 Å². The van der Waals surface area contributed by atoms with Crippen molar-refractivity contribution in [1.29, 1.82) is 0 Å². The Morgan fingerprint density at radius 2 is 1.75 bits per heavy atom. The van der Waals surface area contributed by atoms with E-state index in [0.29, 0.717) is 0 Å². The molecule has 0 aromatic heterocycles. The molecule has 50 valence electrons. The standard InChI is InChI=1S/C5H14FNSi/c1-7(5-6)8(2,3)4/h5H2,1-4H3. The van der Waals surface area contributed by atoms with Gasteiger partial charge in [-0.25, -0.2) is 4.39 Å². The Balaban J connectivity index is 3.62. The Morgan fingerprint density at radius 3 is 1.75 bits per heavy atom. The summed E-state index contributed by atoms with van der Waals surface area (Å²) in [5.74, 6) is 0. The fraction of sp³-hybridized carbons (Fsp3) is 1.00. The van der Waals surface area contributed by atoms with Crippen molar-refractivity contribution < 1.29 is 4.39 Å². The third kappa shape index (κ3) is 2.42. The molecule has 1 nitrogen and oxygen atoms in total. The van der Waals surface area contributed by atoms with E-state index in [0.717, 1.165) is 0 Å². The van der Waals surface area contributed by atoms with Crippen molar-refractivity contribution in [2.45, 2.75) is 19.6 Å². The van der Waals surface area contributed by atoms with Gasteiger partial charge in [0.15, 0.2) is 0 Å². The van der Waals surface area contributed by atoms with Crippen LogP contribution in [-0.2, 0) is 0 Å². The lowest BCUT2D eigenvalue weighted by Gasteiger charge is -2.26. The van der Waals surface area contributed by atoms with E-state index in [-0.39, 0.29) is 6.80 Å². The first kappa shape index (κ1) is 8.11. The molecular weight excluding hydrogens is 121 g/mol. The molecule has 0 rings (SSSR count). The second-order valence-electron chi connectivity index (χ2n) is 2.99. The fourth-order valence-electron chi connectivity index (χ4n) is 0.179. The predicted molar refractivity (Wildman–Crippen MR) is 37.1 cm³/mol. The number of hydrogen-bond donors (Lipinski definition) is 0. The summed E-state index contributed by atoms with van der Waals surface area (Å²) in [6.07, 6.45) is 0. The highest BCUT2D eigenvalue weighted by atomic mass is 28.3. The molecule has 0 aliphatic heterocycles. The third-order valence-electron chi connectivity index (χ3n) is 1.32. The first-order valence-corrected chi connectivity index (χ1v) is 6.20. The predicted octanol–water partition coefficient (Wildman–Crippen LogP) is 1.68. The molecule has 0 N–H and O–H groups in total. The van der Waals surface area contributed by atoms with Gasteiger partial charge in [-0.1, -0.05) is 19.6 Å². The summed E-state index contributed by atoms with van der Waals surface area (Å²) in [6, 6.07) is 0. The minimum atomic E-state index is -1.30. The lowest BCUT2D eigenvalue weighted by atomic mass is 11.2. The number of halogens is 1. The number of hydrogen-bond acceptors (Lipinski definition) is 1. The van der Waals surface area contributed by atoms with Gasteiger partial charge in [-0.05, 0) is 7.05 Å². The number of alkyl halides is 1. The molecule has 0 aromatic rings. The molecule has 0 bridgehead atoms. The van der Waals surface area contributed by atoms with Crippen LogP contribution in [0.15, 0.2) is 0 Å². The molecule has 0 aliphatic rings. The second-order valence-corrected chi connectivity index (χ2v) is 8.09. The van der Waals surface area contributed by atoms with Crippen LogP contribution in [0.4, 0.5) is 4.39 Å². The zero-order chi connectivity index (χ0) is 6.78. The van der Waals surface area contributed by atoms with Gasteiger partial charge < -0.3 is 4.57 Å². The van der Waals surface area contributed by atoms with Crippen molar-refractivity contribution in [2.75, 3.05) is 13.8 Å². The van der Waals surface area contributed by atoms with Crippen LogP contribution in [0.2, 0.25) is 19.6 Å². The van der Waals surface area contributed by atoms with Crippen molar-refractivity contribution in [1.82, 2.24) is 4.57 Å². The van der Waals surface area contributed by atoms with E-state index in [1.54, 1.807) is 4.57 Å². The highest BCUT2D eigenvalue weighted by molar-refractivity contribution is 6.73. The summed E-state index contributed by atoms with van der Waals surface area (Å²) in [6.45, 7) is 6.04. The molecule has 0 atom stereocenters. The van der Waals surface area contributed by atoms with Crippen LogP contribution in [0, 0.1) is 0 Å². The molecule has 0 radical (unpaired) electrons. The topological polar surface area (TPSA) is 3.24 Å². The van der Waals surface area contributed by atoms with Gasteiger partial charge in [-0.15, -0.1) is 0 Å². The monoisotopic (exact) mass is 135 g/mol. The molecule has 0 amide bonds. The Hall–Kier alpha value is 0.107. The summed E-state index contributed by atoms with van der Waals surface area (Å²) in [7, 11) is 0.523. The SMILES string of the molecule is CN(CF)[Si](C)(C)C. The van der Waals surface area contributed by atoms with Crippen molar-refractivity contribution >= 4 is 8.24 Å². The van der Waals surface area contributed by atoms with Crippen molar-refractivity contribution in [3.63, 3.8) is 0 Å². The van der Waals surface area contributed by atoms with E-state index in [9.17, 15) is 4.39 Å². The zero-order valence-corrected chi connectivity index (χ0v) is 7.03. The van der Waals surface area contributed by atoms with E-state index in [1.807, 2.05) is 7.05 Å². The second kappa shape index (κ2) is 2.59. The van der Waals surface area contributed by atoms with Crippen molar-refractivity contribution in [2.24, 2.45) is 0 Å². The summed E-state index contributed by atoms with van der Waals surface area (Å²) in [5, 5.41) is 0. The maximum Gasteiger partial charge on any atom is 0.136 e. The number of nitrogens with zero attached hydrogens (tertiary/aromatic N) is 1. The van der Waals surface area contributed by atoms with Gasteiger partial charge in [-0.3, -0.25) is 0 Å². The largest absolute Gasteiger partial charge is 0.301 e. The summed E-state index contributed by atoms with van der Waals surface area (Å²) in [5.41, 5.74) is 0. The normalized spacial score (nSPS) is 12.8. The van der Waals surface area contributed by atoms with Crippen LogP contribution in [0.3, 0.4) is 0 Å². The van der Waals surface area contributed by atoms with Gasteiger partial charge in [0.05, 0.1) is 0 Å². The van der Waals surface area contributed by atoms with Gasteiger partial charge in [-0.2, -0.15) is 0 Å². The maximum absolute atomic E-state index is 11.8. The first-order chi connectivity index (χ1) is 3.48. The van der Waals surface area contributed by atoms with Gasteiger partial charge in [0.25, 0.3) is 0 Å². The van der Waals surface area contributed by atoms with E-state index in [2.05, 4.69) is 19.6 Å². The molecule has 0 aromatic carbocycles. The molecule has 8 heavy (non-hydrogen) atoms. The Labute approximate surface area is 51.6 Å². The quantitative estimate of drug-likeness (QED) is 0.411. The average molecular weight is 135 g/mol. The van der Waals surface area contributed by atoms with Crippen molar-refractivity contribution in [3.8, 4) is 0 Å². The van der Waals surface area contributed by atoms with Gasteiger partial charge in [0.2, 0.25) is 0 Å². The Morgan fingerprint density at radius 1 is 1.38 bits per heavy atom. The lowest BCUT2D eigenvalue weighted by Crippen LogP contribution is -2.42. The lowest BCUT2D eigenvalue weighted by molar-refractivity contribution is 0.324. The highest BCUT2D eigenvalue weighted by Crippen LogP contribution is 2.04. The van der Waals surface area contributed by atoms with Crippen LogP contribution in [0.1, 0.15) is 0 Å². The van der Waals surface area contributed by atoms with E-state index < -0.39 is 8.24 Å². The molecule has 0 heterocycles. The molecule has 0 saturated carbocycles. The molecule has 0 fully saturated rings. The summed E-state index contributed by atoms with van der Waals surface area (Å²) in [4.78, 5) is 0. The molecule has 0 aliphatic carbocycles. The fourth-order valence-corrected chi connectivity index (χ4v) is 0.538. The number of rotatable bonds is 2. The Bertz CT molecular complexity index is 69.3. The van der Waals surface area contributed by atoms with Gasteiger partial charge in [0, 0.05) is 0 Å². The van der Waals surface area contributed by atoms with E-state index in [4.69, 9.17) is 0 Å². The molecule has 0 unspecified atom stereocenters. The highest BCUT2D eigenvalue weighted by Gasteiger charge is 2.18. The Kier molecular flexibility index (Phi) is 2.63. The molecule has 0 spiro atoms. The minimum Gasteiger partial charge on any atom is -0.301 e. The van der Waals surface area contributed by atoms with Gasteiger partial charge in [0.1, 0.15) is 15.0 Å². The van der Waals surface area contributed by atoms with E-state index in [1.165, 1.54) is 0 Å². The van der Waals surface area contributed by atoms with Crippen LogP contribution < -0.4 is 0 Å². The van der Waals surface area contributed by atoms with Crippen LogP contribution in [-0.4, -0.2) is 26.6 Å². The smallest absolute Gasteiger partial charge is 0.136 e. The molecule has 3 heteroatoms. The summed E-state index contributed by atoms with van der Waals surface area (Å²) >= 11 is 0. The molecular formula is C5H14FNSi. The average Bonchev–Trinajstić information content (AvgIpc) is 1.62. The van der Waals surface area contributed by atoms with Crippen molar-refractivity contribution in [3.05, 3.63) is 0 Å². The van der Waals surface area contributed by atoms with Crippen LogP contribution >= 0.6 is 0 Å². The first-order valence-electron chi connectivity index (χ1n) is 2.75. The maximum atomic E-state index is 11.8. The van der Waals surface area contributed by atoms with Crippen LogP contribution in [0.25, 0.3) is 0 Å². The molecule has 0 saturated heterocycles. The van der Waals surface area contributed by atoms with Crippen LogP contribution in [0.5, 0.6) is 0 Å². The summed E-state index contributed by atoms with van der Waals surface area (Å²) < 4.78 is 13.6. The minimum absolute atomic E-state index is 0.310. The van der Waals surface area contributed by atoms with E-state index >= 15 is 0 Å².